The third-order valence-corrected chi connectivity index (χ3v) is 2.20. The predicted molar refractivity (Wildman–Crippen MR) is 52.0 cm³/mol. The van der Waals surface area contributed by atoms with E-state index in [1.165, 1.54) is 0 Å². The summed E-state index contributed by atoms with van der Waals surface area (Å²) in [5, 5.41) is 9.56. The molecule has 1 aromatic heterocycles. The molecule has 0 aliphatic carbocycles. The molecule has 0 saturated heterocycles. The van der Waals surface area contributed by atoms with Gasteiger partial charge in [-0.3, -0.25) is 0 Å². The summed E-state index contributed by atoms with van der Waals surface area (Å²) in [6.07, 6.45) is 3.05. The lowest BCUT2D eigenvalue weighted by atomic mass is 10.2. The van der Waals surface area contributed by atoms with Gasteiger partial charge in [-0.25, -0.2) is 4.98 Å². The summed E-state index contributed by atoms with van der Waals surface area (Å²) < 4.78 is 0. The average Bonchev–Trinajstić information content (AvgIpc) is 2.05. The van der Waals surface area contributed by atoms with Crippen molar-refractivity contribution in [1.29, 1.82) is 0 Å². The van der Waals surface area contributed by atoms with Crippen LogP contribution in [-0.2, 0) is 0 Å². The number of pyridine rings is 1. The summed E-state index contributed by atoms with van der Waals surface area (Å²) in [4.78, 5) is 3.89. The van der Waals surface area contributed by atoms with Gasteiger partial charge in [0.05, 0.1) is 6.10 Å². The molecule has 0 bridgehead atoms. The van der Waals surface area contributed by atoms with Gasteiger partial charge in [-0.1, -0.05) is 6.07 Å². The number of anilines is 1. The van der Waals surface area contributed by atoms with Crippen molar-refractivity contribution in [2.24, 2.45) is 0 Å². The minimum absolute atomic E-state index is 0.416. The second-order valence-corrected chi connectivity index (χ2v) is 3.36. The van der Waals surface area contributed by atoms with Crippen LogP contribution in [0.4, 0.5) is 5.82 Å². The van der Waals surface area contributed by atoms with Gasteiger partial charge in [0.1, 0.15) is 5.82 Å². The topological polar surface area (TPSA) is 59.1 Å². The van der Waals surface area contributed by atoms with E-state index in [9.17, 15) is 5.11 Å². The molecule has 4 heteroatoms. The van der Waals surface area contributed by atoms with Gasteiger partial charge in [0, 0.05) is 17.5 Å². The normalized spacial score (nSPS) is 12.8. The van der Waals surface area contributed by atoms with Crippen molar-refractivity contribution in [2.45, 2.75) is 6.10 Å². The summed E-state index contributed by atoms with van der Waals surface area (Å²) in [7, 11) is 0. The lowest BCUT2D eigenvalue weighted by Crippen LogP contribution is -2.05. The highest BCUT2D eigenvalue weighted by atomic mass is 32.2. The molecule has 66 valence electrons. The van der Waals surface area contributed by atoms with E-state index < -0.39 is 6.10 Å². The molecular weight excluding hydrogens is 172 g/mol. The first kappa shape index (κ1) is 9.35. The molecule has 12 heavy (non-hydrogen) atoms. The van der Waals surface area contributed by atoms with Crippen LogP contribution >= 0.6 is 11.8 Å². The molecule has 1 atom stereocenters. The van der Waals surface area contributed by atoms with Gasteiger partial charge in [0.25, 0.3) is 0 Å². The Balaban J connectivity index is 2.79. The number of hydrogen-bond acceptors (Lipinski definition) is 4. The van der Waals surface area contributed by atoms with Crippen LogP contribution in [0.5, 0.6) is 0 Å². The molecule has 0 radical (unpaired) electrons. The Labute approximate surface area is 76.0 Å². The Bertz CT molecular complexity index is 255. The first-order valence-electron chi connectivity index (χ1n) is 3.63. The van der Waals surface area contributed by atoms with Gasteiger partial charge in [-0.2, -0.15) is 11.8 Å². The maximum atomic E-state index is 9.56. The van der Waals surface area contributed by atoms with Crippen LogP contribution in [0.1, 0.15) is 11.7 Å². The Hall–Kier alpha value is -0.740. The molecule has 3 nitrogen and oxygen atoms in total. The molecule has 0 saturated carbocycles. The first-order valence-corrected chi connectivity index (χ1v) is 5.02. The maximum Gasteiger partial charge on any atom is 0.129 e. The average molecular weight is 184 g/mol. The molecule has 3 N–H and O–H groups in total. The summed E-state index contributed by atoms with van der Waals surface area (Å²) in [5.41, 5.74) is 6.29. The van der Waals surface area contributed by atoms with Crippen LogP contribution in [-0.4, -0.2) is 22.1 Å². The fourth-order valence-corrected chi connectivity index (χ4v) is 1.45. The predicted octanol–water partition coefficient (Wildman–Crippen LogP) is 1.06. The van der Waals surface area contributed by atoms with Gasteiger partial charge in [-0.05, 0) is 12.3 Å². The molecule has 0 aromatic carbocycles. The highest BCUT2D eigenvalue weighted by molar-refractivity contribution is 7.98. The molecule has 0 aliphatic rings. The summed E-state index contributed by atoms with van der Waals surface area (Å²) >= 11 is 1.58. The molecule has 0 amide bonds. The van der Waals surface area contributed by atoms with E-state index in [0.717, 1.165) is 0 Å². The van der Waals surface area contributed by atoms with E-state index in [2.05, 4.69) is 4.98 Å². The van der Waals surface area contributed by atoms with Gasteiger partial charge in [0.15, 0.2) is 0 Å². The van der Waals surface area contributed by atoms with Gasteiger partial charge in [0.2, 0.25) is 0 Å². The number of nitrogen functional groups attached to an aromatic ring is 1. The molecule has 0 aliphatic heterocycles. The highest BCUT2D eigenvalue weighted by Crippen LogP contribution is 2.20. The van der Waals surface area contributed by atoms with Crippen molar-refractivity contribution in [3.8, 4) is 0 Å². The van der Waals surface area contributed by atoms with E-state index in [1.807, 2.05) is 6.26 Å². The number of nitrogens with zero attached hydrogens (tertiary/aromatic N) is 1. The van der Waals surface area contributed by atoms with Crippen LogP contribution in [0.25, 0.3) is 0 Å². The Morgan fingerprint density at radius 2 is 2.50 bits per heavy atom. The van der Waals surface area contributed by atoms with Crippen molar-refractivity contribution in [3.05, 3.63) is 23.9 Å². The number of aromatic nitrogens is 1. The Morgan fingerprint density at radius 3 is 3.08 bits per heavy atom. The monoisotopic (exact) mass is 184 g/mol. The molecular formula is C8H12N2OS. The molecule has 1 aromatic rings. The van der Waals surface area contributed by atoms with Crippen LogP contribution in [0, 0.1) is 0 Å². The Kier molecular flexibility index (Phi) is 3.37. The van der Waals surface area contributed by atoms with Gasteiger partial charge >= 0.3 is 0 Å². The number of aliphatic hydroxyl groups is 1. The van der Waals surface area contributed by atoms with Crippen molar-refractivity contribution in [3.63, 3.8) is 0 Å². The zero-order valence-electron chi connectivity index (χ0n) is 6.90. The zero-order chi connectivity index (χ0) is 8.97. The smallest absolute Gasteiger partial charge is 0.129 e. The third kappa shape index (κ3) is 2.12. The minimum Gasteiger partial charge on any atom is -0.387 e. The molecule has 1 heterocycles. The molecule has 1 rings (SSSR count). The summed E-state index contributed by atoms with van der Waals surface area (Å²) in [6.45, 7) is 0. The van der Waals surface area contributed by atoms with Crippen molar-refractivity contribution in [2.75, 3.05) is 17.7 Å². The fraction of sp³-hybridized carbons (Fsp3) is 0.375. The Morgan fingerprint density at radius 1 is 1.75 bits per heavy atom. The van der Waals surface area contributed by atoms with E-state index in [0.29, 0.717) is 17.1 Å². The van der Waals surface area contributed by atoms with Crippen molar-refractivity contribution < 1.29 is 5.11 Å². The largest absolute Gasteiger partial charge is 0.387 e. The zero-order valence-corrected chi connectivity index (χ0v) is 7.71. The second-order valence-electron chi connectivity index (χ2n) is 2.45. The van der Waals surface area contributed by atoms with Crippen LogP contribution in [0.2, 0.25) is 0 Å². The molecule has 1 unspecified atom stereocenters. The SMILES string of the molecule is CSCC(O)c1cccnc1N. The van der Waals surface area contributed by atoms with E-state index in [1.54, 1.807) is 30.1 Å². The third-order valence-electron chi connectivity index (χ3n) is 1.55. The van der Waals surface area contributed by atoms with Crippen LogP contribution in [0.3, 0.4) is 0 Å². The van der Waals surface area contributed by atoms with Crippen molar-refractivity contribution >= 4 is 17.6 Å². The molecule has 0 fully saturated rings. The van der Waals surface area contributed by atoms with Gasteiger partial charge in [-0.15, -0.1) is 0 Å². The first-order chi connectivity index (χ1) is 5.75. The summed E-state index contributed by atoms with van der Waals surface area (Å²) in [5.74, 6) is 1.06. The van der Waals surface area contributed by atoms with Gasteiger partial charge < -0.3 is 10.8 Å². The number of rotatable bonds is 3. The van der Waals surface area contributed by atoms with E-state index in [-0.39, 0.29) is 0 Å². The second kappa shape index (κ2) is 4.33. The number of aliphatic hydroxyl groups excluding tert-OH is 1. The number of thioether (sulfide) groups is 1. The quantitative estimate of drug-likeness (QED) is 0.737. The number of nitrogens with two attached hydrogens (primary N) is 1. The lowest BCUT2D eigenvalue weighted by molar-refractivity contribution is 0.204. The highest BCUT2D eigenvalue weighted by Gasteiger charge is 2.09. The van der Waals surface area contributed by atoms with E-state index in [4.69, 9.17) is 5.73 Å². The van der Waals surface area contributed by atoms with E-state index >= 15 is 0 Å². The molecule has 0 spiro atoms. The fourth-order valence-electron chi connectivity index (χ4n) is 0.959. The van der Waals surface area contributed by atoms with Crippen LogP contribution in [0.15, 0.2) is 18.3 Å². The number of hydrogen-bond donors (Lipinski definition) is 2. The van der Waals surface area contributed by atoms with Crippen LogP contribution < -0.4 is 5.73 Å². The standard InChI is InChI=1S/C8H12N2OS/c1-12-5-7(11)6-3-2-4-10-8(6)9/h2-4,7,11H,5H2,1H3,(H2,9,10). The van der Waals surface area contributed by atoms with Crippen molar-refractivity contribution in [1.82, 2.24) is 4.98 Å². The minimum atomic E-state index is -0.506. The summed E-state index contributed by atoms with van der Waals surface area (Å²) in [6, 6.07) is 3.57. The lowest BCUT2D eigenvalue weighted by Gasteiger charge is -2.10. The maximum absolute atomic E-state index is 9.56.